The minimum absolute atomic E-state index is 0.0490. The Morgan fingerprint density at radius 2 is 1.83 bits per heavy atom. The van der Waals surface area contributed by atoms with Gasteiger partial charge in [0.1, 0.15) is 5.54 Å². The van der Waals surface area contributed by atoms with Gasteiger partial charge in [0.2, 0.25) is 21.8 Å². The number of sulfonamides is 1. The van der Waals surface area contributed by atoms with Crippen molar-refractivity contribution in [3.05, 3.63) is 29.3 Å². The van der Waals surface area contributed by atoms with Crippen LogP contribution in [0.2, 0.25) is 5.02 Å². The predicted molar refractivity (Wildman–Crippen MR) is 118 cm³/mol. The molecule has 1 heterocycles. The lowest BCUT2D eigenvalue weighted by Gasteiger charge is -2.47. The van der Waals surface area contributed by atoms with E-state index in [1.165, 1.54) is 4.90 Å². The highest BCUT2D eigenvalue weighted by molar-refractivity contribution is 7.89. The molecule has 0 unspecified atom stereocenters. The van der Waals surface area contributed by atoms with Gasteiger partial charge in [-0.1, -0.05) is 37.8 Å². The number of carbonyl (C=O) groups excluding carboxylic acids is 2. The van der Waals surface area contributed by atoms with Gasteiger partial charge >= 0.3 is 0 Å². The molecule has 1 saturated carbocycles. The van der Waals surface area contributed by atoms with Crippen LogP contribution in [0.5, 0.6) is 0 Å². The first-order valence-electron chi connectivity index (χ1n) is 10.5. The lowest BCUT2D eigenvalue weighted by Crippen LogP contribution is -2.71. The van der Waals surface area contributed by atoms with Crippen molar-refractivity contribution in [2.45, 2.75) is 64.0 Å². The van der Waals surface area contributed by atoms with Gasteiger partial charge in [-0.3, -0.25) is 14.5 Å². The molecule has 1 aromatic carbocycles. The second-order valence-corrected chi connectivity index (χ2v) is 10.9. The van der Waals surface area contributed by atoms with Crippen LogP contribution >= 0.6 is 11.6 Å². The van der Waals surface area contributed by atoms with E-state index in [0.717, 1.165) is 36.4 Å². The molecular weight excluding hydrogens is 426 g/mol. The van der Waals surface area contributed by atoms with E-state index in [9.17, 15) is 18.0 Å². The molecule has 0 radical (unpaired) electrons. The lowest BCUT2D eigenvalue weighted by atomic mass is 9.91. The summed E-state index contributed by atoms with van der Waals surface area (Å²) in [5.74, 6) is -0.805. The highest BCUT2D eigenvalue weighted by atomic mass is 35.5. The van der Waals surface area contributed by atoms with Crippen molar-refractivity contribution in [3.63, 3.8) is 0 Å². The Morgan fingerprint density at radius 3 is 2.43 bits per heavy atom. The average molecular weight is 456 g/mol. The van der Waals surface area contributed by atoms with E-state index in [2.05, 4.69) is 5.32 Å². The van der Waals surface area contributed by atoms with Gasteiger partial charge in [0.25, 0.3) is 0 Å². The van der Waals surface area contributed by atoms with E-state index in [1.807, 2.05) is 0 Å². The molecule has 2 amide bonds. The van der Waals surface area contributed by atoms with Crippen LogP contribution in [0.3, 0.4) is 0 Å². The minimum Gasteiger partial charge on any atom is -0.351 e. The highest BCUT2D eigenvalue weighted by Crippen LogP contribution is 2.32. The van der Waals surface area contributed by atoms with Crippen LogP contribution in [0, 0.1) is 0 Å². The fourth-order valence-corrected chi connectivity index (χ4v) is 5.99. The van der Waals surface area contributed by atoms with E-state index in [0.29, 0.717) is 17.1 Å². The van der Waals surface area contributed by atoms with Crippen LogP contribution in [-0.2, 0) is 19.6 Å². The molecule has 3 rings (SSSR count). The van der Waals surface area contributed by atoms with Gasteiger partial charge in [0, 0.05) is 23.3 Å². The van der Waals surface area contributed by atoms with Crippen molar-refractivity contribution >= 4 is 39.1 Å². The highest BCUT2D eigenvalue weighted by Gasteiger charge is 2.51. The zero-order valence-corrected chi connectivity index (χ0v) is 19.1. The molecule has 30 heavy (non-hydrogen) atoms. The van der Waals surface area contributed by atoms with Crippen LogP contribution in [-0.4, -0.2) is 55.0 Å². The Kier molecular flexibility index (Phi) is 7.09. The number of rotatable bonds is 6. The number of nitrogens with one attached hydrogen (secondary N) is 1. The summed E-state index contributed by atoms with van der Waals surface area (Å²) < 4.78 is 26.6. The first-order valence-corrected chi connectivity index (χ1v) is 12.5. The van der Waals surface area contributed by atoms with Crippen molar-refractivity contribution in [1.82, 2.24) is 9.62 Å². The topological polar surface area (TPSA) is 86.8 Å². The third-order valence-corrected chi connectivity index (χ3v) is 8.13. The first kappa shape index (κ1) is 23.0. The lowest BCUT2D eigenvalue weighted by molar-refractivity contribution is -0.133. The van der Waals surface area contributed by atoms with Gasteiger partial charge in [-0.25, -0.2) is 8.42 Å². The molecular formula is C21H30ClN3O4S. The van der Waals surface area contributed by atoms with Gasteiger partial charge < -0.3 is 5.32 Å². The molecule has 2 aliphatic rings. The van der Waals surface area contributed by atoms with E-state index < -0.39 is 21.5 Å². The van der Waals surface area contributed by atoms with E-state index >= 15 is 0 Å². The Bertz CT molecular complexity index is 884. The van der Waals surface area contributed by atoms with Crippen LogP contribution in [0.15, 0.2) is 24.3 Å². The quantitative estimate of drug-likeness (QED) is 0.714. The Labute approximate surface area is 183 Å². The van der Waals surface area contributed by atoms with E-state index in [1.54, 1.807) is 38.1 Å². The monoisotopic (exact) mass is 455 g/mol. The normalized spacial score (nSPS) is 24.1. The summed E-state index contributed by atoms with van der Waals surface area (Å²) in [6, 6.07) is 6.73. The third kappa shape index (κ3) is 4.81. The summed E-state index contributed by atoms with van der Waals surface area (Å²) in [5.41, 5.74) is -0.834. The van der Waals surface area contributed by atoms with Gasteiger partial charge in [-0.2, -0.15) is 4.31 Å². The van der Waals surface area contributed by atoms with Crippen molar-refractivity contribution in [2.24, 2.45) is 0 Å². The number of amides is 2. The summed E-state index contributed by atoms with van der Waals surface area (Å²) in [6.07, 6.45) is 5.50. The molecule has 166 valence electrons. The van der Waals surface area contributed by atoms with Crippen molar-refractivity contribution in [1.29, 1.82) is 0 Å². The second kappa shape index (κ2) is 9.24. The number of halogens is 1. The number of benzene rings is 1. The average Bonchev–Trinajstić information content (AvgIpc) is 2.69. The Balaban J connectivity index is 1.96. The van der Waals surface area contributed by atoms with Crippen LogP contribution in [0.25, 0.3) is 0 Å². The van der Waals surface area contributed by atoms with Gasteiger partial charge in [0.15, 0.2) is 0 Å². The van der Waals surface area contributed by atoms with Gasteiger partial charge in [0.05, 0.1) is 12.3 Å². The Morgan fingerprint density at radius 1 is 1.20 bits per heavy atom. The molecule has 1 aliphatic heterocycles. The molecule has 1 N–H and O–H groups in total. The van der Waals surface area contributed by atoms with Crippen molar-refractivity contribution < 1.29 is 18.0 Å². The molecule has 0 spiro atoms. The molecule has 1 aromatic rings. The van der Waals surface area contributed by atoms with Crippen LogP contribution in [0.1, 0.15) is 52.4 Å². The summed E-state index contributed by atoms with van der Waals surface area (Å²) >= 11 is 6.00. The molecule has 1 saturated heterocycles. The van der Waals surface area contributed by atoms with E-state index in [4.69, 9.17) is 11.6 Å². The minimum atomic E-state index is -3.63. The first-order chi connectivity index (χ1) is 14.2. The predicted octanol–water partition coefficient (Wildman–Crippen LogP) is 2.94. The molecule has 9 heteroatoms. The third-order valence-electron chi connectivity index (χ3n) is 5.91. The maximum Gasteiger partial charge on any atom is 0.247 e. The number of hydrogen-bond donors (Lipinski definition) is 1. The number of carbonyl (C=O) groups is 2. The van der Waals surface area contributed by atoms with Crippen LogP contribution < -0.4 is 10.2 Å². The summed E-state index contributed by atoms with van der Waals surface area (Å²) in [7, 11) is -3.63. The summed E-state index contributed by atoms with van der Waals surface area (Å²) in [4.78, 5) is 28.1. The van der Waals surface area contributed by atoms with Gasteiger partial charge in [-0.05, 0) is 50.5 Å². The molecule has 0 bridgehead atoms. The maximum absolute atomic E-state index is 13.5. The van der Waals surface area contributed by atoms with Gasteiger partial charge in [-0.15, -0.1) is 0 Å². The smallest absolute Gasteiger partial charge is 0.247 e. The maximum atomic E-state index is 13.5. The molecule has 7 nitrogen and oxygen atoms in total. The Hall–Kier alpha value is -1.64. The number of hydrogen-bond acceptors (Lipinski definition) is 4. The summed E-state index contributed by atoms with van der Waals surface area (Å²) in [6.45, 7) is 3.06. The fourth-order valence-electron chi connectivity index (χ4n) is 4.33. The SMILES string of the molecule is CCCS(=O)(=O)N1CC(=O)N(c2ccc(Cl)cc2)[C@](C)(C(=O)NC2CCCCC2)C1. The largest absolute Gasteiger partial charge is 0.351 e. The molecule has 1 aliphatic carbocycles. The van der Waals surface area contributed by atoms with E-state index in [-0.39, 0.29) is 30.8 Å². The number of nitrogens with zero attached hydrogens (tertiary/aromatic N) is 2. The molecule has 2 fully saturated rings. The number of anilines is 1. The molecule has 1 atom stereocenters. The van der Waals surface area contributed by atoms with Crippen molar-refractivity contribution in [2.75, 3.05) is 23.7 Å². The zero-order valence-electron chi connectivity index (χ0n) is 17.6. The van der Waals surface area contributed by atoms with Crippen molar-refractivity contribution in [3.8, 4) is 0 Å². The summed E-state index contributed by atoms with van der Waals surface area (Å²) in [5, 5.41) is 3.60. The standard InChI is InChI=1S/C21H30ClN3O4S/c1-3-13-30(28,29)24-14-19(26)25(18-11-9-16(22)10-12-18)21(2,15-24)20(27)23-17-7-5-4-6-8-17/h9-12,17H,3-8,13-15H2,1-2H3,(H,23,27)/t21-/m0/s1. The fraction of sp³-hybridized carbons (Fsp3) is 0.619. The zero-order chi connectivity index (χ0) is 21.9. The number of piperazine rings is 1. The molecule has 0 aromatic heterocycles. The van der Waals surface area contributed by atoms with Crippen LogP contribution in [0.4, 0.5) is 5.69 Å². The second-order valence-electron chi connectivity index (χ2n) is 8.37.